The van der Waals surface area contributed by atoms with Gasteiger partial charge in [-0.2, -0.15) is 8.78 Å². The molecule has 0 radical (unpaired) electrons. The van der Waals surface area contributed by atoms with Gasteiger partial charge in [-0.3, -0.25) is 4.79 Å². The number of ether oxygens (including phenoxy) is 3. The van der Waals surface area contributed by atoms with Crippen LogP contribution in [0.25, 0.3) is 0 Å². The fourth-order valence-electron chi connectivity index (χ4n) is 9.44. The molecule has 5 nitrogen and oxygen atoms in total. The molecule has 8 aliphatic carbocycles. The first-order chi connectivity index (χ1) is 15.7. The van der Waals surface area contributed by atoms with Crippen LogP contribution >= 0.6 is 0 Å². The second kappa shape index (κ2) is 7.89. The quantitative estimate of drug-likeness (QED) is 0.301. The highest BCUT2D eigenvalue weighted by molar-refractivity contribution is 5.77. The molecule has 184 valence electrons. The fraction of sp³-hybridized carbons (Fsp3) is 0.923. The number of carbonyl (C=O) groups excluding carboxylic acids is 2. The lowest BCUT2D eigenvalue weighted by atomic mass is 9.50. The van der Waals surface area contributed by atoms with Crippen LogP contribution in [0.4, 0.5) is 8.78 Å². The first-order valence-electron chi connectivity index (χ1n) is 13.0. The summed E-state index contributed by atoms with van der Waals surface area (Å²) in [6.45, 7) is 1.27. The van der Waals surface area contributed by atoms with Crippen molar-refractivity contribution < 1.29 is 32.6 Å². The summed E-state index contributed by atoms with van der Waals surface area (Å²) in [6.07, 6.45) is 10.2. The van der Waals surface area contributed by atoms with Gasteiger partial charge in [0.1, 0.15) is 5.60 Å². The minimum atomic E-state index is -3.49. The van der Waals surface area contributed by atoms with Crippen LogP contribution < -0.4 is 0 Å². The Bertz CT molecular complexity index is 763. The number of hydrogen-bond acceptors (Lipinski definition) is 5. The Labute approximate surface area is 194 Å². The maximum atomic E-state index is 13.4. The molecule has 0 heterocycles. The van der Waals surface area contributed by atoms with Gasteiger partial charge in [-0.15, -0.1) is 0 Å². The van der Waals surface area contributed by atoms with E-state index in [0.717, 1.165) is 36.5 Å². The van der Waals surface area contributed by atoms with Crippen molar-refractivity contribution in [1.82, 2.24) is 0 Å². The van der Waals surface area contributed by atoms with Crippen molar-refractivity contribution in [3.05, 3.63) is 0 Å². The molecule has 0 spiro atoms. The van der Waals surface area contributed by atoms with Gasteiger partial charge in [-0.1, -0.05) is 0 Å². The lowest BCUT2D eigenvalue weighted by Gasteiger charge is -2.58. The van der Waals surface area contributed by atoms with E-state index in [1.54, 1.807) is 0 Å². The molecule has 33 heavy (non-hydrogen) atoms. The fourth-order valence-corrected chi connectivity index (χ4v) is 9.44. The molecule has 8 aliphatic rings. The average molecular weight is 467 g/mol. The Morgan fingerprint density at radius 1 is 0.848 bits per heavy atom. The predicted octanol–water partition coefficient (Wildman–Crippen LogP) is 4.97. The van der Waals surface area contributed by atoms with E-state index in [2.05, 4.69) is 0 Å². The molecule has 8 fully saturated rings. The topological polar surface area (TPSA) is 61.8 Å². The van der Waals surface area contributed by atoms with Gasteiger partial charge in [0.2, 0.25) is 0 Å². The average Bonchev–Trinajstić information content (AvgIpc) is 2.70. The SMILES string of the molecule is CC(F)(F)C(=O)OC12CC3CC(C1)C(C(=O)OCOCC1C4CC5CC(C4)CC1C5)C(C3)C2. The Morgan fingerprint density at radius 3 is 2.00 bits per heavy atom. The summed E-state index contributed by atoms with van der Waals surface area (Å²) in [5.41, 5.74) is -0.834. The molecule has 0 aromatic heterocycles. The third kappa shape index (κ3) is 4.00. The highest BCUT2D eigenvalue weighted by Gasteiger charge is 2.60. The van der Waals surface area contributed by atoms with Crippen molar-refractivity contribution in [1.29, 1.82) is 0 Å². The maximum absolute atomic E-state index is 13.4. The van der Waals surface area contributed by atoms with Crippen LogP contribution in [0.1, 0.15) is 71.1 Å². The summed E-state index contributed by atoms with van der Waals surface area (Å²) in [5, 5.41) is 0. The van der Waals surface area contributed by atoms with Gasteiger partial charge < -0.3 is 14.2 Å². The summed E-state index contributed by atoms with van der Waals surface area (Å²) in [6, 6.07) is 0. The number of esters is 2. The third-order valence-electron chi connectivity index (χ3n) is 10.2. The van der Waals surface area contributed by atoms with Crippen LogP contribution in [0.2, 0.25) is 0 Å². The minimum Gasteiger partial charge on any atom is -0.455 e. The highest BCUT2D eigenvalue weighted by atomic mass is 19.3. The van der Waals surface area contributed by atoms with Gasteiger partial charge in [0, 0.05) is 6.92 Å². The van der Waals surface area contributed by atoms with E-state index in [1.165, 1.54) is 32.1 Å². The Kier molecular flexibility index (Phi) is 5.32. The van der Waals surface area contributed by atoms with E-state index in [0.29, 0.717) is 44.6 Å². The summed E-state index contributed by atoms with van der Waals surface area (Å²) in [7, 11) is 0. The molecular weight excluding hydrogens is 430 g/mol. The zero-order valence-corrected chi connectivity index (χ0v) is 19.5. The minimum absolute atomic E-state index is 0.00316. The first kappa shape index (κ1) is 22.2. The van der Waals surface area contributed by atoms with Crippen LogP contribution in [-0.2, 0) is 23.8 Å². The Balaban J connectivity index is 1.01. The van der Waals surface area contributed by atoms with E-state index in [9.17, 15) is 18.4 Å². The molecule has 8 rings (SSSR count). The van der Waals surface area contributed by atoms with Crippen molar-refractivity contribution in [3.8, 4) is 0 Å². The monoisotopic (exact) mass is 466 g/mol. The van der Waals surface area contributed by atoms with E-state index in [-0.39, 0.29) is 30.5 Å². The molecule has 7 heteroatoms. The van der Waals surface area contributed by atoms with E-state index >= 15 is 0 Å². The van der Waals surface area contributed by atoms with Gasteiger partial charge >= 0.3 is 17.9 Å². The number of alkyl halides is 2. The number of hydrogen-bond donors (Lipinski definition) is 0. The highest BCUT2D eigenvalue weighted by Crippen LogP contribution is 2.60. The Hall–Kier alpha value is -1.24. The van der Waals surface area contributed by atoms with Crippen LogP contribution in [-0.4, -0.2) is 36.9 Å². The number of rotatable bonds is 7. The predicted molar refractivity (Wildman–Crippen MR) is 114 cm³/mol. The largest absolute Gasteiger partial charge is 0.455 e. The second-order valence-electron chi connectivity index (χ2n) is 12.5. The zero-order valence-electron chi connectivity index (χ0n) is 19.5. The van der Waals surface area contributed by atoms with Gasteiger partial charge in [-0.05, 0) is 112 Å². The molecule has 8 saturated carbocycles. The van der Waals surface area contributed by atoms with Gasteiger partial charge in [0.15, 0.2) is 6.79 Å². The smallest absolute Gasteiger partial charge is 0.377 e. The standard InChI is InChI=1S/C26H36F2O5/c1-25(27,28)24(30)33-26-9-16-7-19(10-26)22(20(8-16)11-26)23(29)32-13-31-12-21-17-3-14-2-15(5-17)6-18(21)4-14/h14-22H,2-13H2,1H3. The lowest BCUT2D eigenvalue weighted by molar-refractivity contribution is -0.219. The van der Waals surface area contributed by atoms with Gasteiger partial charge in [0.05, 0.1) is 12.5 Å². The molecule has 0 aromatic carbocycles. The molecule has 0 saturated heterocycles. The lowest BCUT2D eigenvalue weighted by Crippen LogP contribution is -2.59. The summed E-state index contributed by atoms with van der Waals surface area (Å²) in [5.74, 6) is -0.935. The van der Waals surface area contributed by atoms with Crippen LogP contribution in [0.15, 0.2) is 0 Å². The normalized spacial score (nSPS) is 47.1. The molecule has 0 N–H and O–H groups in total. The van der Waals surface area contributed by atoms with Gasteiger partial charge in [0.25, 0.3) is 0 Å². The first-order valence-corrected chi connectivity index (χ1v) is 13.0. The zero-order chi connectivity index (χ0) is 23.0. The second-order valence-corrected chi connectivity index (χ2v) is 12.5. The van der Waals surface area contributed by atoms with Crippen molar-refractivity contribution >= 4 is 11.9 Å². The number of halogens is 2. The van der Waals surface area contributed by atoms with E-state index < -0.39 is 17.5 Å². The summed E-state index contributed by atoms with van der Waals surface area (Å²) in [4.78, 5) is 24.9. The summed E-state index contributed by atoms with van der Waals surface area (Å²) >= 11 is 0. The Morgan fingerprint density at radius 2 is 1.42 bits per heavy atom. The van der Waals surface area contributed by atoms with E-state index in [4.69, 9.17) is 14.2 Å². The third-order valence-corrected chi connectivity index (χ3v) is 10.2. The molecule has 8 bridgehead atoms. The van der Waals surface area contributed by atoms with Crippen LogP contribution in [0.3, 0.4) is 0 Å². The molecule has 0 aliphatic heterocycles. The molecule has 2 unspecified atom stereocenters. The van der Waals surface area contributed by atoms with Crippen molar-refractivity contribution in [2.75, 3.05) is 13.4 Å². The van der Waals surface area contributed by atoms with Crippen molar-refractivity contribution in [3.63, 3.8) is 0 Å². The number of carbonyl (C=O) groups is 2. The van der Waals surface area contributed by atoms with Crippen molar-refractivity contribution in [2.24, 2.45) is 53.3 Å². The van der Waals surface area contributed by atoms with Crippen LogP contribution in [0, 0.1) is 53.3 Å². The molecule has 0 amide bonds. The molecule has 0 aromatic rings. The van der Waals surface area contributed by atoms with Crippen LogP contribution in [0.5, 0.6) is 0 Å². The van der Waals surface area contributed by atoms with E-state index in [1.807, 2.05) is 0 Å². The molecular formula is C26H36F2O5. The molecule has 2 atom stereocenters. The maximum Gasteiger partial charge on any atom is 0.377 e. The van der Waals surface area contributed by atoms with Gasteiger partial charge in [-0.25, -0.2) is 4.79 Å². The van der Waals surface area contributed by atoms with Crippen molar-refractivity contribution in [2.45, 2.75) is 82.7 Å². The summed E-state index contributed by atoms with van der Waals surface area (Å²) < 4.78 is 43.8.